The van der Waals surface area contributed by atoms with Gasteiger partial charge in [0.05, 0.1) is 0 Å². The van der Waals surface area contributed by atoms with Gasteiger partial charge in [0.2, 0.25) is 11.8 Å². The molecule has 1 heterocycles. The number of amides is 2. The molecule has 1 aromatic rings. The fourth-order valence-electron chi connectivity index (χ4n) is 1.37. The minimum atomic E-state index is -0.0143. The third-order valence-electron chi connectivity index (χ3n) is 2.45. The summed E-state index contributed by atoms with van der Waals surface area (Å²) in [6.45, 7) is 4.66. The monoisotopic (exact) mass is 268 g/mol. The molecule has 4 nitrogen and oxygen atoms in total. The van der Waals surface area contributed by atoms with Crippen LogP contribution in [0.15, 0.2) is 17.5 Å². The molecule has 0 bridgehead atoms. The van der Waals surface area contributed by atoms with E-state index in [1.54, 1.807) is 11.3 Å². The first-order chi connectivity index (χ1) is 8.59. The molecule has 0 unspecified atom stereocenters. The summed E-state index contributed by atoms with van der Waals surface area (Å²) in [4.78, 5) is 24.0. The second-order valence-electron chi connectivity index (χ2n) is 4.38. The molecule has 1 aromatic heterocycles. The SMILES string of the molecule is CC(C)C(=O)NCCNC(=O)CCc1cccs1. The van der Waals surface area contributed by atoms with Gasteiger partial charge in [0.25, 0.3) is 0 Å². The number of aryl methyl sites for hydroxylation is 1. The molecule has 0 saturated carbocycles. The molecule has 1 rings (SSSR count). The first-order valence-electron chi connectivity index (χ1n) is 6.16. The lowest BCUT2D eigenvalue weighted by atomic mass is 10.2. The maximum absolute atomic E-state index is 11.5. The lowest BCUT2D eigenvalue weighted by molar-refractivity contribution is -0.124. The van der Waals surface area contributed by atoms with Gasteiger partial charge in [-0.2, -0.15) is 0 Å². The van der Waals surface area contributed by atoms with Crippen molar-refractivity contribution in [1.29, 1.82) is 0 Å². The molecule has 0 aliphatic heterocycles. The highest BCUT2D eigenvalue weighted by atomic mass is 32.1. The van der Waals surface area contributed by atoms with Crippen LogP contribution in [0.1, 0.15) is 25.1 Å². The second kappa shape index (κ2) is 7.87. The Morgan fingerprint density at radius 2 is 2.00 bits per heavy atom. The number of carbonyl (C=O) groups is 2. The van der Waals surface area contributed by atoms with Crippen molar-refractivity contribution in [3.63, 3.8) is 0 Å². The van der Waals surface area contributed by atoms with E-state index in [-0.39, 0.29) is 17.7 Å². The largest absolute Gasteiger partial charge is 0.354 e. The summed E-state index contributed by atoms with van der Waals surface area (Å²) in [5.41, 5.74) is 0. The maximum atomic E-state index is 11.5. The Labute approximate surface area is 112 Å². The highest BCUT2D eigenvalue weighted by Gasteiger charge is 2.06. The normalized spacial score (nSPS) is 10.4. The van der Waals surface area contributed by atoms with Gasteiger partial charge in [-0.1, -0.05) is 19.9 Å². The lowest BCUT2D eigenvalue weighted by Crippen LogP contribution is -2.36. The van der Waals surface area contributed by atoms with E-state index in [9.17, 15) is 9.59 Å². The number of carbonyl (C=O) groups excluding carboxylic acids is 2. The minimum Gasteiger partial charge on any atom is -0.354 e. The molecule has 0 spiro atoms. The van der Waals surface area contributed by atoms with Crippen molar-refractivity contribution in [3.05, 3.63) is 22.4 Å². The highest BCUT2D eigenvalue weighted by molar-refractivity contribution is 7.09. The summed E-state index contributed by atoms with van der Waals surface area (Å²) in [7, 11) is 0. The molecule has 2 amide bonds. The zero-order valence-corrected chi connectivity index (χ0v) is 11.7. The molecular formula is C13H20N2O2S. The summed E-state index contributed by atoms with van der Waals surface area (Å²) in [6, 6.07) is 4.01. The third-order valence-corrected chi connectivity index (χ3v) is 3.39. The van der Waals surface area contributed by atoms with Crippen LogP contribution in [0.25, 0.3) is 0 Å². The zero-order valence-electron chi connectivity index (χ0n) is 10.9. The van der Waals surface area contributed by atoms with Gasteiger partial charge in [0.15, 0.2) is 0 Å². The lowest BCUT2D eigenvalue weighted by Gasteiger charge is -2.08. The van der Waals surface area contributed by atoms with E-state index in [0.717, 1.165) is 6.42 Å². The van der Waals surface area contributed by atoms with E-state index in [2.05, 4.69) is 10.6 Å². The van der Waals surface area contributed by atoms with Gasteiger partial charge < -0.3 is 10.6 Å². The van der Waals surface area contributed by atoms with Crippen LogP contribution in [0.4, 0.5) is 0 Å². The predicted octanol–water partition coefficient (Wildman–Crippen LogP) is 1.57. The van der Waals surface area contributed by atoms with Crippen molar-refractivity contribution >= 4 is 23.2 Å². The molecule has 18 heavy (non-hydrogen) atoms. The fourth-order valence-corrected chi connectivity index (χ4v) is 2.08. The summed E-state index contributed by atoms with van der Waals surface area (Å²) in [5, 5.41) is 7.55. The van der Waals surface area contributed by atoms with Crippen molar-refractivity contribution in [3.8, 4) is 0 Å². The van der Waals surface area contributed by atoms with Crippen molar-refractivity contribution < 1.29 is 9.59 Å². The van der Waals surface area contributed by atoms with Gasteiger partial charge >= 0.3 is 0 Å². The van der Waals surface area contributed by atoms with Crippen LogP contribution in [0.5, 0.6) is 0 Å². The first kappa shape index (κ1) is 14.7. The van der Waals surface area contributed by atoms with E-state index in [1.807, 2.05) is 31.4 Å². The minimum absolute atomic E-state index is 0.0143. The summed E-state index contributed by atoms with van der Waals surface area (Å²) < 4.78 is 0. The van der Waals surface area contributed by atoms with E-state index >= 15 is 0 Å². The molecule has 0 aliphatic rings. The van der Waals surface area contributed by atoms with E-state index in [0.29, 0.717) is 19.5 Å². The average molecular weight is 268 g/mol. The van der Waals surface area contributed by atoms with Gasteiger partial charge in [0.1, 0.15) is 0 Å². The number of nitrogens with one attached hydrogen (secondary N) is 2. The van der Waals surface area contributed by atoms with E-state index in [1.165, 1.54) is 4.88 Å². The molecule has 2 N–H and O–H groups in total. The molecule has 0 atom stereocenters. The van der Waals surface area contributed by atoms with Gasteiger partial charge in [-0.15, -0.1) is 11.3 Å². The number of hydrogen-bond donors (Lipinski definition) is 2. The molecule has 100 valence electrons. The van der Waals surface area contributed by atoms with Crippen molar-refractivity contribution in [2.24, 2.45) is 5.92 Å². The molecule has 0 saturated heterocycles. The quantitative estimate of drug-likeness (QED) is 0.737. The smallest absolute Gasteiger partial charge is 0.222 e. The summed E-state index contributed by atoms with van der Waals surface area (Å²) in [5.74, 6) is 0.0320. The average Bonchev–Trinajstić information content (AvgIpc) is 2.84. The van der Waals surface area contributed by atoms with Crippen molar-refractivity contribution in [2.75, 3.05) is 13.1 Å². The van der Waals surface area contributed by atoms with Crippen LogP contribution < -0.4 is 10.6 Å². The van der Waals surface area contributed by atoms with Crippen molar-refractivity contribution in [1.82, 2.24) is 10.6 Å². The molecule has 5 heteroatoms. The van der Waals surface area contributed by atoms with Crippen LogP contribution in [-0.4, -0.2) is 24.9 Å². The van der Waals surface area contributed by atoms with Gasteiger partial charge in [-0.25, -0.2) is 0 Å². The van der Waals surface area contributed by atoms with Crippen molar-refractivity contribution in [2.45, 2.75) is 26.7 Å². The van der Waals surface area contributed by atoms with E-state index < -0.39 is 0 Å². The standard InChI is InChI=1S/C13H20N2O2S/c1-10(2)13(17)15-8-7-14-12(16)6-5-11-4-3-9-18-11/h3-4,9-10H,5-8H2,1-2H3,(H,14,16)(H,15,17). The molecule has 0 aromatic carbocycles. The molecular weight excluding hydrogens is 248 g/mol. The predicted molar refractivity (Wildman–Crippen MR) is 73.5 cm³/mol. The van der Waals surface area contributed by atoms with Crippen LogP contribution >= 0.6 is 11.3 Å². The zero-order chi connectivity index (χ0) is 13.4. The highest BCUT2D eigenvalue weighted by Crippen LogP contribution is 2.10. The fraction of sp³-hybridized carbons (Fsp3) is 0.538. The van der Waals surface area contributed by atoms with Crippen LogP contribution in [0.2, 0.25) is 0 Å². The number of thiophene rings is 1. The second-order valence-corrected chi connectivity index (χ2v) is 5.41. The third kappa shape index (κ3) is 5.82. The Kier molecular flexibility index (Phi) is 6.43. The molecule has 0 aliphatic carbocycles. The topological polar surface area (TPSA) is 58.2 Å². The van der Waals surface area contributed by atoms with Gasteiger partial charge in [0, 0.05) is 30.3 Å². The Morgan fingerprint density at radius 3 is 2.61 bits per heavy atom. The van der Waals surface area contributed by atoms with Crippen LogP contribution in [0, 0.1) is 5.92 Å². The summed E-state index contributed by atoms with van der Waals surface area (Å²) >= 11 is 1.66. The molecule has 0 fully saturated rings. The van der Waals surface area contributed by atoms with Crippen LogP contribution in [-0.2, 0) is 16.0 Å². The Morgan fingerprint density at radius 1 is 1.28 bits per heavy atom. The van der Waals surface area contributed by atoms with Gasteiger partial charge in [-0.3, -0.25) is 9.59 Å². The van der Waals surface area contributed by atoms with E-state index in [4.69, 9.17) is 0 Å². The first-order valence-corrected chi connectivity index (χ1v) is 7.04. The van der Waals surface area contributed by atoms with Crippen LogP contribution in [0.3, 0.4) is 0 Å². The Bertz CT molecular complexity index is 374. The Hall–Kier alpha value is -1.36. The number of rotatable bonds is 7. The molecule has 0 radical (unpaired) electrons. The summed E-state index contributed by atoms with van der Waals surface area (Å²) in [6.07, 6.45) is 1.28. The van der Waals surface area contributed by atoms with Gasteiger partial charge in [-0.05, 0) is 17.9 Å². The number of hydrogen-bond acceptors (Lipinski definition) is 3. The maximum Gasteiger partial charge on any atom is 0.222 e. The Balaban J connectivity index is 2.05.